The Morgan fingerprint density at radius 3 is 2.58 bits per heavy atom. The predicted molar refractivity (Wildman–Crippen MR) is 132 cm³/mol. The van der Waals surface area contributed by atoms with E-state index in [0.717, 1.165) is 34.3 Å². The minimum Gasteiger partial charge on any atom is -0.494 e. The highest BCUT2D eigenvalue weighted by molar-refractivity contribution is 6.31. The highest BCUT2D eigenvalue weighted by Gasteiger charge is 2.19. The standard InChI is InChI=1S/C26H24ClN3O3/c1-28-15-17-5-9-20(10-6-17)29-25(18-4-2-3-16(13-18)7-12-23(31)32)24-21-11-8-19(27)14-22(21)30-26(24)33/h2-6,8-11,13-14,28,30,33H,7,12,15H2,1H3,(H,31,32). The van der Waals surface area contributed by atoms with Crippen LogP contribution < -0.4 is 5.32 Å². The molecule has 0 radical (unpaired) electrons. The predicted octanol–water partition coefficient (Wildman–Crippen LogP) is 5.43. The van der Waals surface area contributed by atoms with E-state index >= 15 is 0 Å². The van der Waals surface area contributed by atoms with Crippen molar-refractivity contribution in [3.63, 3.8) is 0 Å². The van der Waals surface area contributed by atoms with Crippen molar-refractivity contribution in [2.75, 3.05) is 7.05 Å². The number of halogens is 1. The number of aryl methyl sites for hydroxylation is 1. The van der Waals surface area contributed by atoms with E-state index in [9.17, 15) is 9.90 Å². The number of aromatic hydroxyl groups is 1. The topological polar surface area (TPSA) is 97.7 Å². The average molecular weight is 462 g/mol. The lowest BCUT2D eigenvalue weighted by atomic mass is 9.97. The number of benzene rings is 3. The van der Waals surface area contributed by atoms with Crippen LogP contribution in [0.25, 0.3) is 10.9 Å². The van der Waals surface area contributed by atoms with Gasteiger partial charge in [0.25, 0.3) is 0 Å². The van der Waals surface area contributed by atoms with E-state index in [0.29, 0.717) is 28.2 Å². The smallest absolute Gasteiger partial charge is 0.303 e. The van der Waals surface area contributed by atoms with Gasteiger partial charge in [0.2, 0.25) is 0 Å². The van der Waals surface area contributed by atoms with Crippen molar-refractivity contribution in [3.05, 3.63) is 94.0 Å². The molecule has 0 saturated heterocycles. The fourth-order valence-corrected chi connectivity index (χ4v) is 3.98. The van der Waals surface area contributed by atoms with Gasteiger partial charge >= 0.3 is 5.97 Å². The number of hydrogen-bond donors (Lipinski definition) is 4. The van der Waals surface area contributed by atoms with Gasteiger partial charge in [0.15, 0.2) is 5.88 Å². The third-order valence-corrected chi connectivity index (χ3v) is 5.60. The molecule has 3 aromatic carbocycles. The van der Waals surface area contributed by atoms with E-state index in [1.165, 1.54) is 0 Å². The van der Waals surface area contributed by atoms with Crippen molar-refractivity contribution in [1.82, 2.24) is 10.3 Å². The number of hydrogen-bond acceptors (Lipinski definition) is 4. The molecule has 4 N–H and O–H groups in total. The molecule has 33 heavy (non-hydrogen) atoms. The number of rotatable bonds is 8. The summed E-state index contributed by atoms with van der Waals surface area (Å²) >= 11 is 6.14. The van der Waals surface area contributed by atoms with Crippen LogP contribution in [0.15, 0.2) is 71.7 Å². The molecule has 4 rings (SSSR count). The second-order valence-corrected chi connectivity index (χ2v) is 8.23. The first-order valence-corrected chi connectivity index (χ1v) is 11.0. The number of nitrogens with zero attached hydrogens (tertiary/aromatic N) is 1. The molecule has 1 aromatic heterocycles. The van der Waals surface area contributed by atoms with Gasteiger partial charge in [-0.3, -0.25) is 4.79 Å². The summed E-state index contributed by atoms with van der Waals surface area (Å²) in [4.78, 5) is 18.9. The zero-order chi connectivity index (χ0) is 23.4. The van der Waals surface area contributed by atoms with E-state index in [4.69, 9.17) is 21.7 Å². The van der Waals surface area contributed by atoms with Gasteiger partial charge in [0.1, 0.15) is 0 Å². The lowest BCUT2D eigenvalue weighted by Gasteiger charge is -2.10. The summed E-state index contributed by atoms with van der Waals surface area (Å²) in [6.45, 7) is 0.756. The van der Waals surface area contributed by atoms with Gasteiger partial charge in [0, 0.05) is 28.9 Å². The van der Waals surface area contributed by atoms with Crippen LogP contribution in [-0.4, -0.2) is 33.9 Å². The van der Waals surface area contributed by atoms with E-state index in [2.05, 4.69) is 10.3 Å². The van der Waals surface area contributed by atoms with Crippen molar-refractivity contribution in [3.8, 4) is 5.88 Å². The lowest BCUT2D eigenvalue weighted by molar-refractivity contribution is -0.136. The van der Waals surface area contributed by atoms with Crippen molar-refractivity contribution in [2.24, 2.45) is 4.99 Å². The first-order valence-electron chi connectivity index (χ1n) is 10.6. The first-order chi connectivity index (χ1) is 15.9. The third kappa shape index (κ3) is 5.25. The Morgan fingerprint density at radius 1 is 1.06 bits per heavy atom. The molecular formula is C26H24ClN3O3. The van der Waals surface area contributed by atoms with Crippen LogP contribution in [0.3, 0.4) is 0 Å². The van der Waals surface area contributed by atoms with Crippen LogP contribution in [-0.2, 0) is 17.8 Å². The number of carboxylic acid groups (broad SMARTS) is 1. The minimum atomic E-state index is -0.845. The van der Waals surface area contributed by atoms with Crippen molar-refractivity contribution in [2.45, 2.75) is 19.4 Å². The third-order valence-electron chi connectivity index (χ3n) is 5.36. The zero-order valence-corrected chi connectivity index (χ0v) is 18.9. The summed E-state index contributed by atoms with van der Waals surface area (Å²) in [5.41, 5.74) is 5.39. The maximum atomic E-state index is 11.0. The van der Waals surface area contributed by atoms with Gasteiger partial charge in [0.05, 0.1) is 22.5 Å². The van der Waals surface area contributed by atoms with E-state index < -0.39 is 5.97 Å². The van der Waals surface area contributed by atoms with Crippen LogP contribution in [0, 0.1) is 0 Å². The van der Waals surface area contributed by atoms with Gasteiger partial charge in [-0.25, -0.2) is 4.99 Å². The molecule has 6 nitrogen and oxygen atoms in total. The molecule has 0 saturated carbocycles. The highest BCUT2D eigenvalue weighted by atomic mass is 35.5. The molecule has 0 aliphatic heterocycles. The van der Waals surface area contributed by atoms with E-state index in [-0.39, 0.29) is 12.3 Å². The molecule has 0 fully saturated rings. The number of carbonyl (C=O) groups is 1. The van der Waals surface area contributed by atoms with Crippen LogP contribution in [0.2, 0.25) is 5.02 Å². The number of fused-ring (bicyclic) bond motifs is 1. The van der Waals surface area contributed by atoms with Gasteiger partial charge in [-0.05, 0) is 54.9 Å². The van der Waals surface area contributed by atoms with Gasteiger partial charge in [-0.15, -0.1) is 0 Å². The summed E-state index contributed by atoms with van der Waals surface area (Å²) < 4.78 is 0. The van der Waals surface area contributed by atoms with E-state index in [1.54, 1.807) is 12.1 Å². The molecule has 1 heterocycles. The Bertz CT molecular complexity index is 1330. The van der Waals surface area contributed by atoms with Gasteiger partial charge in [-0.2, -0.15) is 0 Å². The van der Waals surface area contributed by atoms with Gasteiger partial charge < -0.3 is 20.5 Å². The quantitative estimate of drug-likeness (QED) is 0.263. The second-order valence-electron chi connectivity index (χ2n) is 7.79. The summed E-state index contributed by atoms with van der Waals surface area (Å²) in [7, 11) is 1.90. The maximum Gasteiger partial charge on any atom is 0.303 e. The summed E-state index contributed by atoms with van der Waals surface area (Å²) in [6.07, 6.45) is 0.449. The first kappa shape index (κ1) is 22.6. The maximum absolute atomic E-state index is 11.0. The molecule has 7 heteroatoms. The Balaban J connectivity index is 1.86. The number of aliphatic imine (C=N–C) groups is 1. The summed E-state index contributed by atoms with van der Waals surface area (Å²) in [6, 6.07) is 20.9. The molecule has 0 atom stereocenters. The Labute approximate surface area is 196 Å². The number of aromatic amines is 1. The molecule has 0 spiro atoms. The molecule has 168 valence electrons. The fourth-order valence-electron chi connectivity index (χ4n) is 3.81. The zero-order valence-electron chi connectivity index (χ0n) is 18.1. The Hall–Kier alpha value is -3.61. The number of nitrogens with one attached hydrogen (secondary N) is 2. The highest BCUT2D eigenvalue weighted by Crippen LogP contribution is 2.33. The SMILES string of the molecule is CNCc1ccc(N=C(c2cccc(CCC(=O)O)c2)c2c(O)[nH]c3cc(Cl)ccc23)cc1. The number of aromatic nitrogens is 1. The normalized spacial score (nSPS) is 11.8. The van der Waals surface area contributed by atoms with E-state index in [1.807, 2.05) is 61.6 Å². The number of carboxylic acids is 1. The average Bonchev–Trinajstić information content (AvgIpc) is 3.12. The van der Waals surface area contributed by atoms with Crippen LogP contribution in [0.1, 0.15) is 28.7 Å². The molecule has 0 amide bonds. The second kappa shape index (κ2) is 9.90. The Morgan fingerprint density at radius 2 is 1.85 bits per heavy atom. The minimum absolute atomic E-state index is 0.00578. The monoisotopic (exact) mass is 461 g/mol. The van der Waals surface area contributed by atoms with Crippen molar-refractivity contribution in [1.29, 1.82) is 0 Å². The van der Waals surface area contributed by atoms with Crippen LogP contribution in [0.5, 0.6) is 5.88 Å². The summed E-state index contributed by atoms with van der Waals surface area (Å²) in [5, 5.41) is 24.4. The summed E-state index contributed by atoms with van der Waals surface area (Å²) in [5.74, 6) is -0.851. The molecule has 0 aliphatic rings. The molecule has 4 aromatic rings. The molecule has 0 aliphatic carbocycles. The van der Waals surface area contributed by atoms with Crippen molar-refractivity contribution < 1.29 is 15.0 Å². The van der Waals surface area contributed by atoms with Crippen molar-refractivity contribution >= 4 is 39.9 Å². The van der Waals surface area contributed by atoms with Gasteiger partial charge in [-0.1, -0.05) is 48.0 Å². The fraction of sp³-hybridized carbons (Fsp3) is 0.154. The molecule has 0 unspecified atom stereocenters. The lowest BCUT2D eigenvalue weighted by Crippen LogP contribution is -2.05. The molecule has 0 bridgehead atoms. The Kier molecular flexibility index (Phi) is 6.77. The van der Waals surface area contributed by atoms with Crippen LogP contribution in [0.4, 0.5) is 5.69 Å². The number of H-pyrrole nitrogens is 1. The largest absolute Gasteiger partial charge is 0.494 e. The number of aliphatic carboxylic acids is 1. The van der Waals surface area contributed by atoms with Crippen LogP contribution >= 0.6 is 11.6 Å². The molecular weight excluding hydrogens is 438 g/mol.